The van der Waals surface area contributed by atoms with E-state index in [2.05, 4.69) is 37.8 Å². The van der Waals surface area contributed by atoms with E-state index in [1.54, 1.807) is 0 Å². The predicted octanol–water partition coefficient (Wildman–Crippen LogP) is 2.92. The Bertz CT molecular complexity index is 858. The number of carboxylic acids is 2. The van der Waals surface area contributed by atoms with E-state index < -0.39 is 11.9 Å². The van der Waals surface area contributed by atoms with Crippen molar-refractivity contribution in [1.82, 2.24) is 0 Å². The van der Waals surface area contributed by atoms with Crippen molar-refractivity contribution in [3.63, 3.8) is 0 Å². The van der Waals surface area contributed by atoms with Gasteiger partial charge in [0.1, 0.15) is 0 Å². The quantitative estimate of drug-likeness (QED) is 0.571. The van der Waals surface area contributed by atoms with E-state index in [1.807, 2.05) is 30.3 Å². The fraction of sp³-hybridized carbons (Fsp3) is 0.182. The van der Waals surface area contributed by atoms with Gasteiger partial charge < -0.3 is 15.9 Å². The van der Waals surface area contributed by atoms with Crippen molar-refractivity contribution in [1.29, 1.82) is 0 Å². The number of carboxylic acid groups (broad SMARTS) is 2. The molecule has 5 heteroatoms. The molecule has 0 atom stereocenters. The Morgan fingerprint density at radius 2 is 1.56 bits per heavy atom. The lowest BCUT2D eigenvalue weighted by molar-refractivity contribution is -0.134. The molecule has 5 nitrogen and oxygen atoms in total. The van der Waals surface area contributed by atoms with E-state index in [9.17, 15) is 9.59 Å². The molecule has 4 N–H and O–H groups in total. The van der Waals surface area contributed by atoms with E-state index in [4.69, 9.17) is 15.9 Å². The Balaban J connectivity index is 0.000000387. The van der Waals surface area contributed by atoms with Crippen LogP contribution in [0.15, 0.2) is 54.6 Å². The number of benzene rings is 2. The van der Waals surface area contributed by atoms with Gasteiger partial charge in [-0.2, -0.15) is 0 Å². The molecule has 0 fully saturated rings. The second kappa shape index (κ2) is 11.3. The van der Waals surface area contributed by atoms with E-state index in [0.29, 0.717) is 18.7 Å². The largest absolute Gasteiger partial charge is 0.478 e. The minimum atomic E-state index is -1.26. The number of rotatable bonds is 4. The van der Waals surface area contributed by atoms with Crippen LogP contribution in [0.4, 0.5) is 0 Å². The normalized spacial score (nSPS) is 9.74. The zero-order chi connectivity index (χ0) is 20.2. The van der Waals surface area contributed by atoms with Gasteiger partial charge in [0.15, 0.2) is 0 Å². The van der Waals surface area contributed by atoms with Gasteiger partial charge in [0.25, 0.3) is 0 Å². The van der Waals surface area contributed by atoms with Gasteiger partial charge in [0.05, 0.1) is 0 Å². The van der Waals surface area contributed by atoms with Crippen molar-refractivity contribution in [3.8, 4) is 11.8 Å². The first-order chi connectivity index (χ1) is 12.8. The highest BCUT2D eigenvalue weighted by Crippen LogP contribution is 2.18. The molecule has 0 radical (unpaired) electrons. The lowest BCUT2D eigenvalue weighted by atomic mass is 9.96. The summed E-state index contributed by atoms with van der Waals surface area (Å²) in [5.74, 6) is 4.04. The highest BCUT2D eigenvalue weighted by atomic mass is 16.4. The molecule has 0 heterocycles. The van der Waals surface area contributed by atoms with Gasteiger partial charge in [0.2, 0.25) is 0 Å². The maximum Gasteiger partial charge on any atom is 0.328 e. The Labute approximate surface area is 159 Å². The lowest BCUT2D eigenvalue weighted by Crippen LogP contribution is -2.05. The molecule has 0 bridgehead atoms. The van der Waals surface area contributed by atoms with Gasteiger partial charge in [-0.25, -0.2) is 9.59 Å². The summed E-state index contributed by atoms with van der Waals surface area (Å²) in [6.07, 6.45) is 1.99. The van der Waals surface area contributed by atoms with E-state index in [1.165, 1.54) is 16.7 Å². The number of nitrogens with two attached hydrogens (primary N) is 1. The van der Waals surface area contributed by atoms with Crippen molar-refractivity contribution in [2.24, 2.45) is 5.73 Å². The molecule has 27 heavy (non-hydrogen) atoms. The van der Waals surface area contributed by atoms with Crippen LogP contribution in [0.3, 0.4) is 0 Å². The highest BCUT2D eigenvalue weighted by Gasteiger charge is 2.05. The second-order valence-electron chi connectivity index (χ2n) is 5.71. The molecule has 0 aliphatic heterocycles. The third-order valence-corrected chi connectivity index (χ3v) is 3.71. The Hall–Kier alpha value is -3.36. The van der Waals surface area contributed by atoms with Crippen molar-refractivity contribution in [2.75, 3.05) is 6.54 Å². The summed E-state index contributed by atoms with van der Waals surface area (Å²) in [6.45, 7) is 4.90. The maximum absolute atomic E-state index is 9.55. The van der Waals surface area contributed by atoms with Gasteiger partial charge in [-0.1, -0.05) is 42.2 Å². The molecule has 0 saturated heterocycles. The number of hydrogen-bond acceptors (Lipinski definition) is 3. The molecule has 0 aliphatic carbocycles. The predicted molar refractivity (Wildman–Crippen MR) is 106 cm³/mol. The molecule has 0 aromatic heterocycles. The summed E-state index contributed by atoms with van der Waals surface area (Å²) in [4.78, 5) is 19.1. The van der Waals surface area contributed by atoms with E-state index >= 15 is 0 Å². The molecule has 0 spiro atoms. The molecule has 0 aliphatic rings. The molecule has 2 aromatic rings. The standard InChI is InChI=1S/C18H19N.C4H4O4/c1-14-8-10-17(12-13-19)18(15(14)2)11-9-16-6-4-3-5-7-16;5-3(6)1-2-4(7)8/h3-8,10H,12-13,19H2,1-2H3;1-2H,(H,5,6)(H,7,8). The van der Waals surface area contributed by atoms with Gasteiger partial charge in [-0.05, 0) is 55.6 Å². The van der Waals surface area contributed by atoms with Crippen LogP contribution < -0.4 is 5.73 Å². The summed E-state index contributed by atoms with van der Waals surface area (Å²) in [5.41, 5.74) is 11.6. The summed E-state index contributed by atoms with van der Waals surface area (Å²) in [5, 5.41) is 15.6. The van der Waals surface area contributed by atoms with Crippen LogP contribution in [-0.4, -0.2) is 28.7 Å². The lowest BCUT2D eigenvalue weighted by Gasteiger charge is -2.09. The van der Waals surface area contributed by atoms with Gasteiger partial charge in [-0.3, -0.25) is 0 Å². The average molecular weight is 365 g/mol. The first kappa shape index (κ1) is 21.7. The van der Waals surface area contributed by atoms with E-state index in [0.717, 1.165) is 17.5 Å². The van der Waals surface area contributed by atoms with Crippen LogP contribution >= 0.6 is 0 Å². The van der Waals surface area contributed by atoms with Crippen molar-refractivity contribution >= 4 is 11.9 Å². The smallest absolute Gasteiger partial charge is 0.328 e. The third-order valence-electron chi connectivity index (χ3n) is 3.71. The topological polar surface area (TPSA) is 101 Å². The van der Waals surface area contributed by atoms with Crippen LogP contribution in [0.5, 0.6) is 0 Å². The Kier molecular flexibility index (Phi) is 9.07. The minimum absolute atomic E-state index is 0.558. The second-order valence-corrected chi connectivity index (χ2v) is 5.71. The fourth-order valence-electron chi connectivity index (χ4n) is 2.21. The minimum Gasteiger partial charge on any atom is -0.478 e. The molecular weight excluding hydrogens is 342 g/mol. The molecule has 2 aromatic carbocycles. The summed E-state index contributed by atoms with van der Waals surface area (Å²) >= 11 is 0. The van der Waals surface area contributed by atoms with Gasteiger partial charge in [-0.15, -0.1) is 0 Å². The number of hydrogen-bond donors (Lipinski definition) is 3. The maximum atomic E-state index is 9.55. The average Bonchev–Trinajstić information content (AvgIpc) is 2.64. The van der Waals surface area contributed by atoms with Crippen molar-refractivity contribution in [2.45, 2.75) is 20.3 Å². The summed E-state index contributed by atoms with van der Waals surface area (Å²) in [6, 6.07) is 14.4. The number of carbonyl (C=O) groups is 2. The van der Waals surface area contributed by atoms with Gasteiger partial charge in [0, 0.05) is 23.3 Å². The van der Waals surface area contributed by atoms with E-state index in [-0.39, 0.29) is 0 Å². The Morgan fingerprint density at radius 3 is 2.07 bits per heavy atom. The van der Waals surface area contributed by atoms with Gasteiger partial charge >= 0.3 is 11.9 Å². The molecule has 0 unspecified atom stereocenters. The van der Waals surface area contributed by atoms with Crippen LogP contribution in [0.1, 0.15) is 27.8 Å². The molecule has 2 rings (SSSR count). The van der Waals surface area contributed by atoms with Crippen LogP contribution in [0, 0.1) is 25.7 Å². The SMILES string of the molecule is Cc1ccc(CCN)c(C#Cc2ccccc2)c1C.O=C(O)C=CC(=O)O. The number of aliphatic carboxylic acids is 2. The summed E-state index contributed by atoms with van der Waals surface area (Å²) < 4.78 is 0. The monoisotopic (exact) mass is 365 g/mol. The first-order valence-corrected chi connectivity index (χ1v) is 8.35. The molecule has 0 saturated carbocycles. The fourth-order valence-corrected chi connectivity index (χ4v) is 2.21. The van der Waals surface area contributed by atoms with Crippen LogP contribution in [-0.2, 0) is 16.0 Å². The van der Waals surface area contributed by atoms with Crippen LogP contribution in [0.25, 0.3) is 0 Å². The zero-order valence-corrected chi connectivity index (χ0v) is 15.4. The zero-order valence-electron chi connectivity index (χ0n) is 15.4. The molecular formula is C22H23NO4. The van der Waals surface area contributed by atoms with Crippen LogP contribution in [0.2, 0.25) is 0 Å². The third kappa shape index (κ3) is 8.04. The number of aryl methyl sites for hydroxylation is 1. The van der Waals surface area contributed by atoms with Crippen molar-refractivity contribution in [3.05, 3.63) is 82.4 Å². The summed E-state index contributed by atoms with van der Waals surface area (Å²) in [7, 11) is 0. The van der Waals surface area contributed by atoms with Crippen molar-refractivity contribution < 1.29 is 19.8 Å². The Morgan fingerprint density at radius 1 is 0.963 bits per heavy atom. The molecule has 140 valence electrons. The first-order valence-electron chi connectivity index (χ1n) is 8.35. The highest BCUT2D eigenvalue weighted by molar-refractivity contribution is 5.89. The molecule has 0 amide bonds.